The summed E-state index contributed by atoms with van der Waals surface area (Å²) in [6, 6.07) is 10.4. The monoisotopic (exact) mass is 746 g/mol. The first-order valence-corrected chi connectivity index (χ1v) is 17.5. The lowest BCUT2D eigenvalue weighted by molar-refractivity contribution is -0.157. The van der Waals surface area contributed by atoms with E-state index >= 15 is 0 Å². The lowest BCUT2D eigenvalue weighted by Gasteiger charge is -2.35. The second-order valence-corrected chi connectivity index (χ2v) is 15.2. The zero-order valence-corrected chi connectivity index (χ0v) is 28.8. The van der Waals surface area contributed by atoms with Gasteiger partial charge < -0.3 is 19.5 Å². The number of hydrogen-bond donors (Lipinski definition) is 1. The van der Waals surface area contributed by atoms with Gasteiger partial charge in [-0.1, -0.05) is 24.3 Å². The minimum absolute atomic E-state index is 0.0771. The minimum Gasteiger partial charge on any atom is -0.479 e. The average molecular weight is 748 g/mol. The van der Waals surface area contributed by atoms with Crippen molar-refractivity contribution in [1.29, 1.82) is 0 Å². The average Bonchev–Trinajstić information content (AvgIpc) is 3.31. The van der Waals surface area contributed by atoms with Crippen molar-refractivity contribution in [2.75, 3.05) is 31.1 Å². The Morgan fingerprint density at radius 3 is 2.30 bits per heavy atom. The number of hydrogen-bond acceptors (Lipinski definition) is 9. The first kappa shape index (κ1) is 35.7. The molecular formula is C31H34BrF3N2O7S2. The highest BCUT2D eigenvalue weighted by Crippen LogP contribution is 2.47. The van der Waals surface area contributed by atoms with Gasteiger partial charge in [-0.3, -0.25) is 4.31 Å². The number of alkyl halides is 3. The molecule has 0 bridgehead atoms. The van der Waals surface area contributed by atoms with Crippen LogP contribution in [-0.2, 0) is 36.2 Å². The Balaban J connectivity index is 1.71. The molecule has 0 saturated carbocycles. The van der Waals surface area contributed by atoms with E-state index in [1.165, 1.54) is 23.5 Å². The molecule has 1 saturated heterocycles. The molecule has 1 aromatic heterocycles. The molecule has 9 nitrogen and oxygen atoms in total. The van der Waals surface area contributed by atoms with Crippen LogP contribution in [0.2, 0.25) is 0 Å². The number of halogens is 4. The van der Waals surface area contributed by atoms with Crippen molar-refractivity contribution >= 4 is 54.9 Å². The van der Waals surface area contributed by atoms with Crippen molar-refractivity contribution in [3.63, 3.8) is 0 Å². The molecule has 0 aliphatic carbocycles. The number of esters is 2. The van der Waals surface area contributed by atoms with Crippen molar-refractivity contribution in [1.82, 2.24) is 5.32 Å². The number of piperidine rings is 1. The van der Waals surface area contributed by atoms with Crippen molar-refractivity contribution in [3.05, 3.63) is 69.0 Å². The van der Waals surface area contributed by atoms with E-state index in [0.717, 1.165) is 23.5 Å². The number of carbonyl (C=O) groups excluding carboxylic acids is 2. The van der Waals surface area contributed by atoms with E-state index in [2.05, 4.69) is 21.2 Å². The van der Waals surface area contributed by atoms with Gasteiger partial charge in [0.1, 0.15) is 5.60 Å². The Labute approximate surface area is 278 Å². The van der Waals surface area contributed by atoms with Gasteiger partial charge in [-0.05, 0) is 98.0 Å². The van der Waals surface area contributed by atoms with Gasteiger partial charge in [-0.15, -0.1) is 11.3 Å². The number of thiophene rings is 1. The number of rotatable bonds is 10. The van der Waals surface area contributed by atoms with Crippen molar-refractivity contribution < 1.29 is 45.4 Å². The van der Waals surface area contributed by atoms with Crippen LogP contribution in [-0.4, -0.2) is 58.8 Å². The number of sulfonamides is 1. The fourth-order valence-corrected chi connectivity index (χ4v) is 8.75. The second-order valence-electron chi connectivity index (χ2n) is 11.5. The number of benzene rings is 2. The highest BCUT2D eigenvalue weighted by atomic mass is 79.9. The van der Waals surface area contributed by atoms with E-state index in [0.29, 0.717) is 46.5 Å². The molecule has 1 fully saturated rings. The summed E-state index contributed by atoms with van der Waals surface area (Å²) in [5, 5.41) is 3.22. The summed E-state index contributed by atoms with van der Waals surface area (Å²) in [6.45, 7) is 5.86. The van der Waals surface area contributed by atoms with Gasteiger partial charge in [0.25, 0.3) is 0 Å². The molecule has 46 heavy (non-hydrogen) atoms. The summed E-state index contributed by atoms with van der Waals surface area (Å²) in [5.74, 6) is -1.76. The predicted octanol–water partition coefficient (Wildman–Crippen LogP) is 6.79. The molecule has 0 spiro atoms. The van der Waals surface area contributed by atoms with Gasteiger partial charge in [-0.25, -0.2) is 18.0 Å². The van der Waals surface area contributed by atoms with Gasteiger partial charge in [-0.2, -0.15) is 13.2 Å². The number of methoxy groups -OCH3 is 1. The molecule has 2 aromatic carbocycles. The highest BCUT2D eigenvalue weighted by Gasteiger charge is 2.34. The Kier molecular flexibility index (Phi) is 11.1. The van der Waals surface area contributed by atoms with Crippen molar-refractivity contribution in [3.8, 4) is 16.2 Å². The maximum atomic E-state index is 14.0. The first-order chi connectivity index (χ1) is 21.5. The highest BCUT2D eigenvalue weighted by molar-refractivity contribution is 9.10. The summed E-state index contributed by atoms with van der Waals surface area (Å²) >= 11 is 4.53. The zero-order chi connectivity index (χ0) is 33.9. The molecule has 3 aromatic rings. The summed E-state index contributed by atoms with van der Waals surface area (Å²) in [4.78, 5) is 25.6. The Morgan fingerprint density at radius 2 is 1.72 bits per heavy atom. The Morgan fingerprint density at radius 1 is 1.07 bits per heavy atom. The third-order valence-electron chi connectivity index (χ3n) is 6.87. The molecule has 1 aliphatic rings. The molecule has 4 rings (SSSR count). The van der Waals surface area contributed by atoms with Crippen molar-refractivity contribution in [2.24, 2.45) is 0 Å². The normalized spacial score (nSPS) is 14.5. The summed E-state index contributed by atoms with van der Waals surface area (Å²) in [6.07, 6.45) is -3.49. The quantitative estimate of drug-likeness (QED) is 0.226. The zero-order valence-electron chi connectivity index (χ0n) is 25.6. The molecule has 15 heteroatoms. The fourth-order valence-electron chi connectivity index (χ4n) is 4.93. The maximum absolute atomic E-state index is 14.0. The Bertz CT molecular complexity index is 1660. The topological polar surface area (TPSA) is 111 Å². The van der Waals surface area contributed by atoms with Crippen LogP contribution in [0, 0.1) is 0 Å². The number of anilines is 1. The smallest absolute Gasteiger partial charge is 0.416 e. The predicted molar refractivity (Wildman–Crippen MR) is 173 cm³/mol. The molecule has 2 heterocycles. The number of carbonyl (C=O) groups is 2. The lowest BCUT2D eigenvalue weighted by atomic mass is 10.1. The van der Waals surface area contributed by atoms with Gasteiger partial charge >= 0.3 is 18.1 Å². The fraction of sp³-hybridized carbons (Fsp3) is 0.419. The number of nitrogens with zero attached hydrogens (tertiary/aromatic N) is 1. The molecular weight excluding hydrogens is 713 g/mol. The van der Waals surface area contributed by atoms with Gasteiger partial charge in [0.2, 0.25) is 10.0 Å². The first-order valence-electron chi connectivity index (χ1n) is 14.2. The van der Waals surface area contributed by atoms with E-state index in [1.807, 2.05) is 0 Å². The third kappa shape index (κ3) is 8.81. The van der Waals surface area contributed by atoms with Gasteiger partial charge in [0.15, 0.2) is 17.2 Å². The molecule has 250 valence electrons. The van der Waals surface area contributed by atoms with Crippen LogP contribution < -0.4 is 14.4 Å². The van der Waals surface area contributed by atoms with Crippen LogP contribution in [0.15, 0.2) is 53.0 Å². The summed E-state index contributed by atoms with van der Waals surface area (Å²) < 4.78 is 84.9. The molecule has 1 aliphatic heterocycles. The Hall–Kier alpha value is -3.14. The van der Waals surface area contributed by atoms with Crippen LogP contribution in [0.3, 0.4) is 0 Å². The van der Waals surface area contributed by atoms with Crippen LogP contribution in [0.1, 0.15) is 54.4 Å². The van der Waals surface area contributed by atoms with E-state index in [-0.39, 0.29) is 16.2 Å². The van der Waals surface area contributed by atoms with Crippen LogP contribution in [0.4, 0.5) is 18.9 Å². The van der Waals surface area contributed by atoms with Gasteiger partial charge in [0, 0.05) is 6.04 Å². The SMILES string of the molecule is COC(=O)c1sc(-c2cccc(N(C3CCNCC3)S(=O)(=O)Cc3ccc(C(F)(F)F)cc3)c2)c(Br)c1OCC(=O)OC(C)(C)C. The molecule has 0 atom stereocenters. The number of nitrogens with one attached hydrogen (secondary N) is 1. The maximum Gasteiger partial charge on any atom is 0.416 e. The van der Waals surface area contributed by atoms with Crippen LogP contribution in [0.25, 0.3) is 10.4 Å². The number of ether oxygens (including phenoxy) is 3. The van der Waals surface area contributed by atoms with Gasteiger partial charge in [0.05, 0.1) is 33.5 Å². The third-order valence-corrected chi connectivity index (χ3v) is 10.9. The van der Waals surface area contributed by atoms with E-state index in [4.69, 9.17) is 14.2 Å². The largest absolute Gasteiger partial charge is 0.479 e. The second kappa shape index (κ2) is 14.3. The van der Waals surface area contributed by atoms with Crippen LogP contribution in [0.5, 0.6) is 5.75 Å². The van der Waals surface area contributed by atoms with E-state index in [9.17, 15) is 31.2 Å². The van der Waals surface area contributed by atoms with E-state index in [1.54, 1.807) is 45.0 Å². The van der Waals surface area contributed by atoms with E-state index < -0.39 is 57.7 Å². The van der Waals surface area contributed by atoms with Crippen LogP contribution >= 0.6 is 27.3 Å². The standard InChI is InChI=1S/C31H34BrF3N2O7S2/c1-30(2,3)44-24(38)17-43-26-25(32)27(45-28(26)29(39)42-4)20-6-5-7-23(16-20)37(22-12-14-36-15-13-22)46(40,41)18-19-8-10-21(11-9-19)31(33,34)35/h5-11,16,22,36H,12-15,17-18H2,1-4H3. The van der Waals surface area contributed by atoms with Crippen molar-refractivity contribution in [2.45, 2.75) is 57.2 Å². The summed E-state index contributed by atoms with van der Waals surface area (Å²) in [7, 11) is -2.86. The lowest BCUT2D eigenvalue weighted by Crippen LogP contribution is -2.46. The molecule has 1 N–H and O–H groups in total. The minimum atomic E-state index is -4.54. The molecule has 0 radical (unpaired) electrons. The molecule has 0 amide bonds. The summed E-state index contributed by atoms with van der Waals surface area (Å²) in [5.41, 5.74) is -0.476. The molecule has 0 unspecified atom stereocenters.